The van der Waals surface area contributed by atoms with E-state index in [1.165, 1.54) is 37.6 Å². The standard InChI is InChI=1S/C28H28N6O6S/c1-16(35)24(41(29,38)39)12-17-6-9-20(10-7-17)31-28-30-14-22-25(36)23(27(37)33-40-2)15-34(26(22)32-28)21-11-8-18-4-3-5-19(18)13-21/h6-11,13-15,24H,3-5,12H2,1-2H3,(H,33,37)(H2,29,38,39)(H,30,31,32). The molecule has 212 valence electrons. The molecule has 12 nitrogen and oxygen atoms in total. The molecule has 5 rings (SSSR count). The van der Waals surface area contributed by atoms with Crippen molar-refractivity contribution in [3.05, 3.63) is 87.3 Å². The van der Waals surface area contributed by atoms with Crippen LogP contribution in [-0.2, 0) is 38.9 Å². The highest BCUT2D eigenvalue weighted by Gasteiger charge is 2.26. The molecule has 0 spiro atoms. The van der Waals surface area contributed by atoms with Crippen molar-refractivity contribution in [2.75, 3.05) is 12.4 Å². The van der Waals surface area contributed by atoms with Gasteiger partial charge < -0.3 is 9.88 Å². The zero-order valence-electron chi connectivity index (χ0n) is 22.4. The van der Waals surface area contributed by atoms with E-state index in [0.717, 1.165) is 24.9 Å². The van der Waals surface area contributed by atoms with Gasteiger partial charge in [0.15, 0.2) is 5.65 Å². The van der Waals surface area contributed by atoms with Crippen LogP contribution in [0.3, 0.4) is 0 Å². The number of Topliss-reactive ketones (excluding diaryl/α,β-unsaturated/α-hetero) is 1. The fourth-order valence-electron chi connectivity index (χ4n) is 4.94. The van der Waals surface area contributed by atoms with Crippen LogP contribution in [0, 0.1) is 0 Å². The molecule has 4 aromatic rings. The molecule has 41 heavy (non-hydrogen) atoms. The van der Waals surface area contributed by atoms with E-state index in [1.807, 2.05) is 18.2 Å². The number of ketones is 1. The second-order valence-electron chi connectivity index (χ2n) is 9.83. The number of rotatable bonds is 9. The maximum atomic E-state index is 13.2. The van der Waals surface area contributed by atoms with E-state index in [-0.39, 0.29) is 23.3 Å². The minimum absolute atomic E-state index is 0.0487. The number of carbonyl (C=O) groups excluding carboxylic acids is 2. The molecule has 2 aromatic heterocycles. The second kappa shape index (κ2) is 11.2. The lowest BCUT2D eigenvalue weighted by Gasteiger charge is -2.15. The molecule has 1 atom stereocenters. The lowest BCUT2D eigenvalue weighted by atomic mass is 10.1. The predicted molar refractivity (Wildman–Crippen MR) is 153 cm³/mol. The van der Waals surface area contributed by atoms with Crippen LogP contribution in [0.2, 0.25) is 0 Å². The molecule has 1 amide bonds. The average molecular weight is 577 g/mol. The molecule has 0 saturated heterocycles. The molecule has 0 aliphatic heterocycles. The maximum absolute atomic E-state index is 13.2. The number of hydrogen-bond acceptors (Lipinski definition) is 9. The van der Waals surface area contributed by atoms with E-state index in [0.29, 0.717) is 16.9 Å². The number of pyridine rings is 1. The minimum atomic E-state index is -4.03. The Morgan fingerprint density at radius 3 is 2.54 bits per heavy atom. The van der Waals surface area contributed by atoms with E-state index in [9.17, 15) is 22.8 Å². The zero-order valence-corrected chi connectivity index (χ0v) is 23.2. The highest BCUT2D eigenvalue weighted by atomic mass is 32.2. The summed E-state index contributed by atoms with van der Waals surface area (Å²) in [6.45, 7) is 1.19. The van der Waals surface area contributed by atoms with E-state index >= 15 is 0 Å². The Labute approximate surface area is 235 Å². The Kier molecular flexibility index (Phi) is 7.67. The summed E-state index contributed by atoms with van der Waals surface area (Å²) in [5, 5.41) is 7.11. The van der Waals surface area contributed by atoms with Crippen molar-refractivity contribution >= 4 is 44.4 Å². The SMILES string of the molecule is CONC(=O)c1cn(-c2ccc3c(c2)CCC3)c2nc(Nc3ccc(CC(C(C)=O)S(N)(=O)=O)cc3)ncc2c1=O. The third-order valence-corrected chi connectivity index (χ3v) is 8.32. The van der Waals surface area contributed by atoms with Gasteiger partial charge in [-0.3, -0.25) is 19.2 Å². The maximum Gasteiger partial charge on any atom is 0.280 e. The third-order valence-electron chi connectivity index (χ3n) is 7.03. The lowest BCUT2D eigenvalue weighted by Crippen LogP contribution is -2.36. The summed E-state index contributed by atoms with van der Waals surface area (Å²) in [5.74, 6) is -1.03. The van der Waals surface area contributed by atoms with Crippen molar-refractivity contribution in [1.29, 1.82) is 0 Å². The number of primary sulfonamides is 1. The average Bonchev–Trinajstić information content (AvgIpc) is 3.40. The summed E-state index contributed by atoms with van der Waals surface area (Å²) in [4.78, 5) is 51.2. The van der Waals surface area contributed by atoms with Gasteiger partial charge in [0.1, 0.15) is 16.6 Å². The van der Waals surface area contributed by atoms with Crippen LogP contribution in [0.5, 0.6) is 0 Å². The van der Waals surface area contributed by atoms with Crippen molar-refractivity contribution in [3.8, 4) is 5.69 Å². The number of hydrogen-bond donors (Lipinski definition) is 3. The van der Waals surface area contributed by atoms with Gasteiger partial charge in [-0.1, -0.05) is 18.2 Å². The van der Waals surface area contributed by atoms with Gasteiger partial charge in [-0.25, -0.2) is 24.0 Å². The summed E-state index contributed by atoms with van der Waals surface area (Å²) in [6, 6.07) is 12.7. The number of fused-ring (bicyclic) bond motifs is 2. The molecule has 2 aromatic carbocycles. The minimum Gasteiger partial charge on any atom is -0.324 e. The van der Waals surface area contributed by atoms with E-state index < -0.39 is 32.4 Å². The number of nitrogens with zero attached hydrogens (tertiary/aromatic N) is 3. The van der Waals surface area contributed by atoms with Gasteiger partial charge in [-0.15, -0.1) is 0 Å². The molecule has 0 saturated carbocycles. The van der Waals surface area contributed by atoms with Crippen LogP contribution in [0.4, 0.5) is 11.6 Å². The monoisotopic (exact) mass is 576 g/mol. The van der Waals surface area contributed by atoms with Crippen molar-refractivity contribution in [2.24, 2.45) is 5.14 Å². The molecule has 1 aliphatic carbocycles. The van der Waals surface area contributed by atoms with Crippen LogP contribution in [0.25, 0.3) is 16.7 Å². The van der Waals surface area contributed by atoms with Crippen LogP contribution >= 0.6 is 0 Å². The predicted octanol–water partition coefficient (Wildman–Crippen LogP) is 2.09. The van der Waals surface area contributed by atoms with Crippen LogP contribution in [0.1, 0.15) is 40.4 Å². The molecule has 1 aliphatic rings. The van der Waals surface area contributed by atoms with E-state index in [1.54, 1.807) is 28.8 Å². The molecule has 13 heteroatoms. The van der Waals surface area contributed by atoms with Crippen molar-refractivity contribution in [1.82, 2.24) is 20.0 Å². The zero-order chi connectivity index (χ0) is 29.3. The Balaban J connectivity index is 1.52. The van der Waals surface area contributed by atoms with Gasteiger partial charge >= 0.3 is 0 Å². The first-order valence-corrected chi connectivity index (χ1v) is 14.4. The number of benzene rings is 2. The van der Waals surface area contributed by atoms with E-state index in [4.69, 9.17) is 9.98 Å². The highest BCUT2D eigenvalue weighted by Crippen LogP contribution is 2.26. The van der Waals surface area contributed by atoms with Crippen LogP contribution in [0.15, 0.2) is 59.7 Å². The summed E-state index contributed by atoms with van der Waals surface area (Å²) in [5.41, 5.74) is 6.25. The van der Waals surface area contributed by atoms with Crippen molar-refractivity contribution in [2.45, 2.75) is 37.9 Å². The summed E-state index contributed by atoms with van der Waals surface area (Å²) in [7, 11) is -2.75. The normalized spacial score (nSPS) is 13.5. The topological polar surface area (TPSA) is 175 Å². The van der Waals surface area contributed by atoms with Crippen molar-refractivity contribution < 1.29 is 22.8 Å². The number of nitrogens with one attached hydrogen (secondary N) is 2. The fraction of sp³-hybridized carbons (Fsp3) is 0.250. The number of nitrogens with two attached hydrogens (primary N) is 1. The molecule has 0 bridgehead atoms. The van der Waals surface area contributed by atoms with E-state index in [2.05, 4.69) is 20.8 Å². The van der Waals surface area contributed by atoms with Gasteiger partial charge in [-0.2, -0.15) is 4.98 Å². The molecule has 0 radical (unpaired) electrons. The Morgan fingerprint density at radius 1 is 1.12 bits per heavy atom. The molecule has 1 unspecified atom stereocenters. The Morgan fingerprint density at radius 2 is 1.85 bits per heavy atom. The largest absolute Gasteiger partial charge is 0.324 e. The first kappa shape index (κ1) is 28.1. The number of anilines is 2. The fourth-order valence-corrected chi connectivity index (χ4v) is 5.83. The number of amides is 1. The van der Waals surface area contributed by atoms with Gasteiger partial charge in [-0.05, 0) is 73.6 Å². The van der Waals surface area contributed by atoms with Gasteiger partial charge in [0.2, 0.25) is 21.4 Å². The Hall–Kier alpha value is -4.46. The second-order valence-corrected chi connectivity index (χ2v) is 11.6. The Bertz CT molecular complexity index is 1840. The van der Waals surface area contributed by atoms with Gasteiger partial charge in [0.05, 0.1) is 12.5 Å². The van der Waals surface area contributed by atoms with Gasteiger partial charge in [0.25, 0.3) is 5.91 Å². The molecule has 4 N–H and O–H groups in total. The number of aromatic nitrogens is 3. The van der Waals surface area contributed by atoms with Crippen LogP contribution in [-0.4, -0.2) is 47.0 Å². The summed E-state index contributed by atoms with van der Waals surface area (Å²) < 4.78 is 25.2. The first-order valence-electron chi connectivity index (χ1n) is 12.8. The number of sulfonamides is 1. The lowest BCUT2D eigenvalue weighted by molar-refractivity contribution is -0.116. The highest BCUT2D eigenvalue weighted by molar-refractivity contribution is 7.90. The molecule has 2 heterocycles. The van der Waals surface area contributed by atoms with Crippen LogP contribution < -0.4 is 21.4 Å². The smallest absolute Gasteiger partial charge is 0.280 e. The van der Waals surface area contributed by atoms with Crippen molar-refractivity contribution in [3.63, 3.8) is 0 Å². The third kappa shape index (κ3) is 5.87. The van der Waals surface area contributed by atoms with Gasteiger partial charge in [0, 0.05) is 23.8 Å². The molecular formula is C28H28N6O6S. The molecule has 0 fully saturated rings. The number of carbonyl (C=O) groups is 2. The first-order chi connectivity index (χ1) is 19.5. The quantitative estimate of drug-likeness (QED) is 0.252. The number of hydroxylamine groups is 1. The summed E-state index contributed by atoms with van der Waals surface area (Å²) >= 11 is 0. The summed E-state index contributed by atoms with van der Waals surface area (Å²) in [6.07, 6.45) is 5.77. The molecular weight excluding hydrogens is 548 g/mol. The number of aryl methyl sites for hydroxylation is 2.